The van der Waals surface area contributed by atoms with Gasteiger partial charge in [-0.2, -0.15) is 18.3 Å². The zero-order chi connectivity index (χ0) is 30.3. The molecule has 0 saturated heterocycles. The summed E-state index contributed by atoms with van der Waals surface area (Å²) in [5.41, 5.74) is 0.404. The Labute approximate surface area is 256 Å². The molecule has 6 rings (SSSR count). The second-order valence-electron chi connectivity index (χ2n) is 9.13. The third-order valence-electron chi connectivity index (χ3n) is 6.47. The molecule has 0 amide bonds. The van der Waals surface area contributed by atoms with Gasteiger partial charge in [-0.15, -0.1) is 0 Å². The van der Waals surface area contributed by atoms with Crippen molar-refractivity contribution in [3.8, 4) is 56.3 Å². The van der Waals surface area contributed by atoms with Gasteiger partial charge in [-0.25, -0.2) is 22.5 Å². The molecule has 0 aliphatic carbocycles. The SMILES string of the molecule is Fc1ccc(-c2cccnc2-c2ccnc(-c3n[nH]c(C(F)(F)F)n3)c2-c2ncccc2-c2ccc(F)cc2F)c(F)c1.[Ru+3]. The van der Waals surface area contributed by atoms with E-state index in [4.69, 9.17) is 0 Å². The van der Waals surface area contributed by atoms with Crippen molar-refractivity contribution in [2.45, 2.75) is 6.18 Å². The number of nitrogens with zero attached hydrogens (tertiary/aromatic N) is 5. The van der Waals surface area contributed by atoms with Crippen LogP contribution in [0.2, 0.25) is 0 Å². The summed E-state index contributed by atoms with van der Waals surface area (Å²) in [6.45, 7) is 0. The molecular formula is C30H15F7N6Ru+3. The van der Waals surface area contributed by atoms with E-state index in [1.54, 1.807) is 0 Å². The minimum Gasteiger partial charge on any atom is -0.256 e. The zero-order valence-corrected chi connectivity index (χ0v) is 23.6. The third-order valence-corrected chi connectivity index (χ3v) is 6.47. The number of aromatic nitrogens is 6. The Kier molecular flexibility index (Phi) is 8.38. The summed E-state index contributed by atoms with van der Waals surface area (Å²) in [6, 6.07) is 13.4. The number of benzene rings is 2. The van der Waals surface area contributed by atoms with Crippen molar-refractivity contribution in [1.29, 1.82) is 0 Å². The average Bonchev–Trinajstić information content (AvgIpc) is 3.48. The number of rotatable bonds is 5. The molecule has 0 aliphatic rings. The van der Waals surface area contributed by atoms with Crippen LogP contribution in [0.3, 0.4) is 0 Å². The van der Waals surface area contributed by atoms with Crippen LogP contribution in [0.4, 0.5) is 30.7 Å². The molecule has 6 aromatic rings. The van der Waals surface area contributed by atoms with Gasteiger partial charge in [-0.1, -0.05) is 12.1 Å². The summed E-state index contributed by atoms with van der Waals surface area (Å²) in [5, 5.41) is 5.56. The van der Waals surface area contributed by atoms with Crippen LogP contribution < -0.4 is 0 Å². The molecule has 6 nitrogen and oxygen atoms in total. The fraction of sp³-hybridized carbons (Fsp3) is 0.0333. The van der Waals surface area contributed by atoms with Gasteiger partial charge in [-0.05, 0) is 42.5 Å². The second-order valence-corrected chi connectivity index (χ2v) is 9.13. The largest absolute Gasteiger partial charge is 3.00 e. The van der Waals surface area contributed by atoms with Gasteiger partial charge < -0.3 is 0 Å². The van der Waals surface area contributed by atoms with Crippen LogP contribution in [0.15, 0.2) is 85.3 Å². The molecule has 1 N–H and O–H groups in total. The number of hydrogen-bond acceptors (Lipinski definition) is 5. The number of hydrogen-bond donors (Lipinski definition) is 1. The molecular weight excluding hydrogens is 678 g/mol. The van der Waals surface area contributed by atoms with Gasteiger partial charge in [0, 0.05) is 64.1 Å². The third kappa shape index (κ3) is 5.72. The standard InChI is InChI=1S/C30H15F7N6.Ru/c31-15-5-7-17(22(33)13-15)19-3-1-10-38-25(19)21-9-12-40-27(28-41-29(43-42-28)30(35,36)37)24(21)26-20(4-2-11-39-26)18-8-6-16(32)14-23(18)34;/h1-14H,(H,41,42,43);/q;+3. The van der Waals surface area contributed by atoms with Gasteiger partial charge >= 0.3 is 25.7 Å². The van der Waals surface area contributed by atoms with Crippen LogP contribution >= 0.6 is 0 Å². The maximum Gasteiger partial charge on any atom is 3.00 e. The van der Waals surface area contributed by atoms with Gasteiger partial charge in [0.1, 0.15) is 29.0 Å². The molecule has 4 aromatic heterocycles. The molecule has 0 aliphatic heterocycles. The molecule has 219 valence electrons. The molecule has 0 saturated carbocycles. The summed E-state index contributed by atoms with van der Waals surface area (Å²) in [7, 11) is 0. The van der Waals surface area contributed by atoms with E-state index < -0.39 is 41.1 Å². The first kappa shape index (κ1) is 30.6. The van der Waals surface area contributed by atoms with E-state index in [1.165, 1.54) is 61.1 Å². The Morgan fingerprint density at radius 1 is 0.568 bits per heavy atom. The molecule has 0 fully saturated rings. The van der Waals surface area contributed by atoms with Crippen molar-refractivity contribution in [2.75, 3.05) is 0 Å². The van der Waals surface area contributed by atoms with Gasteiger partial charge in [-0.3, -0.25) is 20.1 Å². The molecule has 0 bridgehead atoms. The predicted molar refractivity (Wildman–Crippen MR) is 142 cm³/mol. The molecule has 0 atom stereocenters. The summed E-state index contributed by atoms with van der Waals surface area (Å²) in [5.74, 6) is -5.30. The maximum atomic E-state index is 15.1. The Hall–Kier alpha value is -4.84. The minimum atomic E-state index is -4.86. The summed E-state index contributed by atoms with van der Waals surface area (Å²) in [4.78, 5) is 16.7. The number of pyridine rings is 3. The minimum absolute atomic E-state index is 0. The monoisotopic (exact) mass is 694 g/mol. The number of aromatic amines is 1. The molecule has 0 unspecified atom stereocenters. The smallest absolute Gasteiger partial charge is 0.256 e. The van der Waals surface area contributed by atoms with E-state index in [0.717, 1.165) is 12.1 Å². The van der Waals surface area contributed by atoms with Crippen molar-refractivity contribution in [1.82, 2.24) is 30.1 Å². The number of nitrogens with one attached hydrogen (secondary N) is 1. The second kappa shape index (κ2) is 12.0. The van der Waals surface area contributed by atoms with E-state index in [0.29, 0.717) is 12.1 Å². The summed E-state index contributed by atoms with van der Waals surface area (Å²) in [6.07, 6.45) is -0.834. The van der Waals surface area contributed by atoms with Crippen LogP contribution in [-0.4, -0.2) is 30.1 Å². The molecule has 44 heavy (non-hydrogen) atoms. The first-order valence-corrected chi connectivity index (χ1v) is 12.4. The fourth-order valence-electron chi connectivity index (χ4n) is 4.64. The van der Waals surface area contributed by atoms with Crippen molar-refractivity contribution in [3.63, 3.8) is 0 Å². The first-order chi connectivity index (χ1) is 20.6. The normalized spacial score (nSPS) is 11.3. The van der Waals surface area contributed by atoms with Crippen LogP contribution in [0.5, 0.6) is 0 Å². The van der Waals surface area contributed by atoms with Crippen molar-refractivity contribution >= 4 is 0 Å². The van der Waals surface area contributed by atoms with Gasteiger partial charge in [0.15, 0.2) is 0 Å². The summed E-state index contributed by atoms with van der Waals surface area (Å²) < 4.78 is 97.9. The molecule has 0 spiro atoms. The molecule has 4 heterocycles. The zero-order valence-electron chi connectivity index (χ0n) is 21.8. The molecule has 2 aromatic carbocycles. The average molecular weight is 694 g/mol. The Morgan fingerprint density at radius 3 is 1.66 bits per heavy atom. The Bertz CT molecular complexity index is 1990. The quantitative estimate of drug-likeness (QED) is 0.147. The van der Waals surface area contributed by atoms with Gasteiger partial charge in [0.05, 0.1) is 11.4 Å². The van der Waals surface area contributed by atoms with E-state index in [2.05, 4.69) is 25.0 Å². The molecule has 1 radical (unpaired) electrons. The Balaban J connectivity index is 0.00000384. The van der Waals surface area contributed by atoms with Gasteiger partial charge in [0.2, 0.25) is 11.6 Å². The number of alkyl halides is 3. The number of halogens is 7. The predicted octanol–water partition coefficient (Wildman–Crippen LogP) is 7.90. The van der Waals surface area contributed by atoms with Crippen LogP contribution in [-0.2, 0) is 25.7 Å². The van der Waals surface area contributed by atoms with Crippen LogP contribution in [0, 0.1) is 23.3 Å². The Morgan fingerprint density at radius 2 is 1.11 bits per heavy atom. The van der Waals surface area contributed by atoms with E-state index in [9.17, 15) is 26.3 Å². The van der Waals surface area contributed by atoms with E-state index in [-0.39, 0.29) is 69.9 Å². The first-order valence-electron chi connectivity index (χ1n) is 12.4. The fourth-order valence-corrected chi connectivity index (χ4v) is 4.64. The van der Waals surface area contributed by atoms with E-state index in [1.807, 2.05) is 5.10 Å². The van der Waals surface area contributed by atoms with Crippen molar-refractivity contribution in [2.24, 2.45) is 0 Å². The van der Waals surface area contributed by atoms with Crippen molar-refractivity contribution < 1.29 is 50.2 Å². The molecule has 14 heteroatoms. The topological polar surface area (TPSA) is 80.2 Å². The maximum absolute atomic E-state index is 15.1. The summed E-state index contributed by atoms with van der Waals surface area (Å²) >= 11 is 0. The van der Waals surface area contributed by atoms with Crippen LogP contribution in [0.25, 0.3) is 56.3 Å². The number of H-pyrrole nitrogens is 1. The van der Waals surface area contributed by atoms with Gasteiger partial charge in [0.25, 0.3) is 0 Å². The van der Waals surface area contributed by atoms with Crippen molar-refractivity contribution in [3.05, 3.63) is 114 Å². The van der Waals surface area contributed by atoms with E-state index >= 15 is 4.39 Å². The van der Waals surface area contributed by atoms with Crippen LogP contribution in [0.1, 0.15) is 5.82 Å².